The minimum atomic E-state index is -1.84. The van der Waals surface area contributed by atoms with E-state index in [1.807, 2.05) is 13.0 Å². The fraction of sp³-hybridized carbons (Fsp3) is 0.188. The van der Waals surface area contributed by atoms with Gasteiger partial charge < -0.3 is 0 Å². The van der Waals surface area contributed by atoms with Crippen molar-refractivity contribution in [1.82, 2.24) is 0 Å². The molecule has 0 heterocycles. The van der Waals surface area contributed by atoms with E-state index in [-0.39, 0.29) is 16.4 Å². The van der Waals surface area contributed by atoms with Gasteiger partial charge in [-0.1, -0.05) is 23.8 Å². The molecular formula is C16H14F2O2S. The second-order valence-corrected chi connectivity index (χ2v) is 6.23. The number of hydrogen-bond donors (Lipinski definition) is 0. The Hall–Kier alpha value is -1.88. The zero-order valence-corrected chi connectivity index (χ0v) is 12.5. The Balaban J connectivity index is 2.21. The van der Waals surface area contributed by atoms with Crippen LogP contribution in [0.15, 0.2) is 41.3 Å². The molecule has 110 valence electrons. The van der Waals surface area contributed by atoms with Crippen molar-refractivity contribution >= 4 is 16.6 Å². The van der Waals surface area contributed by atoms with Gasteiger partial charge in [0, 0.05) is 11.6 Å². The maximum absolute atomic E-state index is 13.5. The summed E-state index contributed by atoms with van der Waals surface area (Å²) in [6.45, 7) is 3.70. The summed E-state index contributed by atoms with van der Waals surface area (Å²) in [7, 11) is -1.84. The van der Waals surface area contributed by atoms with E-state index < -0.39 is 22.4 Å². The zero-order valence-electron chi connectivity index (χ0n) is 11.7. The molecule has 0 spiro atoms. The van der Waals surface area contributed by atoms with Crippen LogP contribution in [0.1, 0.15) is 21.5 Å². The highest BCUT2D eigenvalue weighted by Gasteiger charge is 2.17. The minimum Gasteiger partial charge on any atom is -0.293 e. The van der Waals surface area contributed by atoms with E-state index >= 15 is 0 Å². The van der Waals surface area contributed by atoms with Crippen molar-refractivity contribution in [3.8, 4) is 0 Å². The molecule has 0 fully saturated rings. The van der Waals surface area contributed by atoms with Crippen LogP contribution >= 0.6 is 0 Å². The van der Waals surface area contributed by atoms with Crippen molar-refractivity contribution in [3.63, 3.8) is 0 Å². The monoisotopic (exact) mass is 308 g/mol. The summed E-state index contributed by atoms with van der Waals surface area (Å²) in [6, 6.07) is 8.12. The lowest BCUT2D eigenvalue weighted by atomic mass is 10.0. The van der Waals surface area contributed by atoms with Gasteiger partial charge in [0.15, 0.2) is 5.78 Å². The summed E-state index contributed by atoms with van der Waals surface area (Å²) < 4.78 is 38.4. The number of halogens is 2. The van der Waals surface area contributed by atoms with E-state index in [9.17, 15) is 17.8 Å². The average Bonchev–Trinajstić information content (AvgIpc) is 2.37. The Morgan fingerprint density at radius 1 is 1.10 bits per heavy atom. The van der Waals surface area contributed by atoms with Gasteiger partial charge in [-0.2, -0.15) is 0 Å². The van der Waals surface area contributed by atoms with E-state index in [0.29, 0.717) is 11.6 Å². The molecule has 0 aromatic heterocycles. The molecule has 0 bridgehead atoms. The van der Waals surface area contributed by atoms with E-state index in [1.54, 1.807) is 19.1 Å². The first kappa shape index (κ1) is 15.5. The average molecular weight is 308 g/mol. The van der Waals surface area contributed by atoms with Gasteiger partial charge in [-0.25, -0.2) is 8.78 Å². The van der Waals surface area contributed by atoms with Crippen LogP contribution in [0.5, 0.6) is 0 Å². The maximum Gasteiger partial charge on any atom is 0.175 e. The molecule has 1 unspecified atom stereocenters. The number of Topliss-reactive ketones (excluding diaryl/α,β-unsaturated/α-hetero) is 1. The molecular weight excluding hydrogens is 294 g/mol. The Kier molecular flexibility index (Phi) is 4.63. The summed E-state index contributed by atoms with van der Waals surface area (Å²) in [5, 5.41) is 0. The molecule has 0 amide bonds. The van der Waals surface area contributed by atoms with Crippen LogP contribution in [0, 0.1) is 25.5 Å². The molecule has 21 heavy (non-hydrogen) atoms. The van der Waals surface area contributed by atoms with Crippen LogP contribution in [0.3, 0.4) is 0 Å². The van der Waals surface area contributed by atoms with Crippen molar-refractivity contribution < 1.29 is 17.8 Å². The lowest BCUT2D eigenvalue weighted by Crippen LogP contribution is -2.13. The summed E-state index contributed by atoms with van der Waals surface area (Å²) in [5.74, 6) is -2.29. The summed E-state index contributed by atoms with van der Waals surface area (Å²) in [5.41, 5.74) is 2.28. The summed E-state index contributed by atoms with van der Waals surface area (Å²) in [6.07, 6.45) is 0. The third kappa shape index (κ3) is 3.61. The highest BCUT2D eigenvalue weighted by molar-refractivity contribution is 7.85. The van der Waals surface area contributed by atoms with E-state index in [1.165, 1.54) is 0 Å². The highest BCUT2D eigenvalue weighted by atomic mass is 32.2. The van der Waals surface area contributed by atoms with Gasteiger partial charge >= 0.3 is 0 Å². The fourth-order valence-electron chi connectivity index (χ4n) is 2.06. The van der Waals surface area contributed by atoms with Gasteiger partial charge in [-0.3, -0.25) is 9.00 Å². The molecule has 2 aromatic carbocycles. The molecule has 0 aliphatic heterocycles. The van der Waals surface area contributed by atoms with Gasteiger partial charge in [0.1, 0.15) is 11.6 Å². The van der Waals surface area contributed by atoms with Crippen molar-refractivity contribution in [1.29, 1.82) is 0 Å². The molecule has 0 N–H and O–H groups in total. The number of ketones is 1. The Labute approximate surface area is 124 Å². The molecule has 1 atom stereocenters. The smallest absolute Gasteiger partial charge is 0.175 e. The topological polar surface area (TPSA) is 34.1 Å². The lowest BCUT2D eigenvalue weighted by Gasteiger charge is -2.07. The molecule has 0 radical (unpaired) electrons. The minimum absolute atomic E-state index is 0.158. The van der Waals surface area contributed by atoms with Crippen LogP contribution < -0.4 is 0 Å². The molecule has 0 aliphatic carbocycles. The van der Waals surface area contributed by atoms with Gasteiger partial charge in [-0.05, 0) is 31.5 Å². The number of hydrogen-bond acceptors (Lipinski definition) is 2. The highest BCUT2D eigenvalue weighted by Crippen LogP contribution is 2.17. The third-order valence-electron chi connectivity index (χ3n) is 3.08. The molecule has 5 heteroatoms. The first-order valence-electron chi connectivity index (χ1n) is 6.32. The molecule has 0 saturated carbocycles. The fourth-order valence-corrected chi connectivity index (χ4v) is 3.11. The maximum atomic E-state index is 13.5. The first-order valence-corrected chi connectivity index (χ1v) is 7.64. The molecule has 0 saturated heterocycles. The Morgan fingerprint density at radius 2 is 1.81 bits per heavy atom. The normalized spacial score (nSPS) is 12.2. The lowest BCUT2D eigenvalue weighted by molar-refractivity contribution is 0.102. The largest absolute Gasteiger partial charge is 0.293 e. The first-order chi connectivity index (χ1) is 9.88. The number of benzene rings is 2. The van der Waals surface area contributed by atoms with E-state index in [0.717, 1.165) is 23.3 Å². The molecule has 0 aliphatic rings. The standard InChI is InChI=1S/C16H14F2O2S/c1-10-3-5-13(11(2)7-10)15(19)9-21(20)16-6-4-12(17)8-14(16)18/h3-8H,9H2,1-2H3. The van der Waals surface area contributed by atoms with E-state index in [4.69, 9.17) is 0 Å². The van der Waals surface area contributed by atoms with Crippen molar-refractivity contribution in [2.24, 2.45) is 0 Å². The Morgan fingerprint density at radius 3 is 2.43 bits per heavy atom. The van der Waals surface area contributed by atoms with Crippen LogP contribution in [0.4, 0.5) is 8.78 Å². The second-order valence-electron chi connectivity index (χ2n) is 4.81. The van der Waals surface area contributed by atoms with Crippen LogP contribution in [-0.2, 0) is 10.8 Å². The van der Waals surface area contributed by atoms with Crippen LogP contribution in [-0.4, -0.2) is 15.7 Å². The number of aryl methyl sites for hydroxylation is 2. The predicted molar refractivity (Wildman–Crippen MR) is 77.9 cm³/mol. The van der Waals surface area contributed by atoms with Gasteiger partial charge in [0.25, 0.3) is 0 Å². The third-order valence-corrected chi connectivity index (χ3v) is 4.43. The molecule has 2 rings (SSSR count). The van der Waals surface area contributed by atoms with E-state index in [2.05, 4.69) is 0 Å². The van der Waals surface area contributed by atoms with Crippen LogP contribution in [0.2, 0.25) is 0 Å². The van der Waals surface area contributed by atoms with Gasteiger partial charge in [0.2, 0.25) is 0 Å². The predicted octanol–water partition coefficient (Wildman–Crippen LogP) is 3.57. The number of carbonyl (C=O) groups excluding carboxylic acids is 1. The van der Waals surface area contributed by atoms with Crippen LogP contribution in [0.25, 0.3) is 0 Å². The number of carbonyl (C=O) groups is 1. The van der Waals surface area contributed by atoms with Gasteiger partial charge in [-0.15, -0.1) is 0 Å². The Bertz CT molecular complexity index is 665. The zero-order chi connectivity index (χ0) is 15.6. The van der Waals surface area contributed by atoms with Crippen molar-refractivity contribution in [2.45, 2.75) is 18.7 Å². The SMILES string of the molecule is Cc1ccc(C(=O)CS(=O)c2ccc(F)cc2F)c(C)c1. The number of rotatable bonds is 4. The second kappa shape index (κ2) is 6.26. The molecule has 2 aromatic rings. The van der Waals surface area contributed by atoms with Crippen molar-refractivity contribution in [3.05, 3.63) is 64.7 Å². The summed E-state index contributed by atoms with van der Waals surface area (Å²) >= 11 is 0. The summed E-state index contributed by atoms with van der Waals surface area (Å²) in [4.78, 5) is 12.0. The molecule has 2 nitrogen and oxygen atoms in total. The van der Waals surface area contributed by atoms with Gasteiger partial charge in [0.05, 0.1) is 21.4 Å². The quantitative estimate of drug-likeness (QED) is 0.809. The van der Waals surface area contributed by atoms with Crippen molar-refractivity contribution in [2.75, 3.05) is 5.75 Å².